The SMILES string of the molecule is CCc1cnc(-c2[nH]c3ccccc3c2CC)cc1CC. The van der Waals surface area contributed by atoms with Crippen molar-refractivity contribution in [3.63, 3.8) is 0 Å². The third-order valence-corrected chi connectivity index (χ3v) is 4.27. The standard InChI is InChI=1S/C19H22N2/c1-4-13-11-18(20-12-14(13)5-2)19-15(6-3)16-9-7-8-10-17(16)21-19/h7-12,21H,4-6H2,1-3H3. The molecule has 0 fully saturated rings. The van der Waals surface area contributed by atoms with Gasteiger partial charge in [-0.3, -0.25) is 4.98 Å². The monoisotopic (exact) mass is 278 g/mol. The Hall–Kier alpha value is -2.09. The summed E-state index contributed by atoms with van der Waals surface area (Å²) in [7, 11) is 0. The fourth-order valence-corrected chi connectivity index (χ4v) is 3.10. The Bertz CT molecular complexity index is 768. The number of nitrogens with zero attached hydrogens (tertiary/aromatic N) is 1. The number of benzene rings is 1. The minimum atomic E-state index is 1.01. The Balaban J connectivity index is 2.20. The summed E-state index contributed by atoms with van der Waals surface area (Å²) in [5.74, 6) is 0. The lowest BCUT2D eigenvalue weighted by Crippen LogP contribution is -1.96. The average Bonchev–Trinajstić information content (AvgIpc) is 2.92. The Labute approximate surface area is 126 Å². The maximum atomic E-state index is 4.70. The molecule has 0 atom stereocenters. The summed E-state index contributed by atoms with van der Waals surface area (Å²) in [6.45, 7) is 6.61. The molecule has 0 aliphatic rings. The van der Waals surface area contributed by atoms with E-state index in [1.54, 1.807) is 0 Å². The summed E-state index contributed by atoms with van der Waals surface area (Å²) in [6, 6.07) is 10.8. The number of aromatic nitrogens is 2. The molecule has 1 aromatic carbocycles. The van der Waals surface area contributed by atoms with E-state index in [1.165, 1.54) is 33.3 Å². The van der Waals surface area contributed by atoms with Crippen molar-refractivity contribution in [2.75, 3.05) is 0 Å². The van der Waals surface area contributed by atoms with Crippen molar-refractivity contribution in [2.45, 2.75) is 40.0 Å². The van der Waals surface area contributed by atoms with Crippen LogP contribution in [0.4, 0.5) is 0 Å². The third kappa shape index (κ3) is 2.35. The van der Waals surface area contributed by atoms with E-state index >= 15 is 0 Å². The highest BCUT2D eigenvalue weighted by Crippen LogP contribution is 2.30. The summed E-state index contributed by atoms with van der Waals surface area (Å²) in [5, 5.41) is 1.31. The van der Waals surface area contributed by atoms with Gasteiger partial charge in [0.2, 0.25) is 0 Å². The molecule has 0 aliphatic carbocycles. The van der Waals surface area contributed by atoms with Crippen LogP contribution in [0.15, 0.2) is 36.5 Å². The van der Waals surface area contributed by atoms with Crippen LogP contribution in [-0.2, 0) is 19.3 Å². The van der Waals surface area contributed by atoms with Crippen molar-refractivity contribution in [2.24, 2.45) is 0 Å². The summed E-state index contributed by atoms with van der Waals surface area (Å²) in [4.78, 5) is 8.26. The maximum absolute atomic E-state index is 4.70. The van der Waals surface area contributed by atoms with Crippen molar-refractivity contribution in [1.82, 2.24) is 9.97 Å². The zero-order chi connectivity index (χ0) is 14.8. The van der Waals surface area contributed by atoms with Gasteiger partial charge < -0.3 is 4.98 Å². The van der Waals surface area contributed by atoms with Gasteiger partial charge in [-0.1, -0.05) is 39.0 Å². The molecule has 2 nitrogen and oxygen atoms in total. The first-order valence-corrected chi connectivity index (χ1v) is 7.86. The summed E-state index contributed by atoms with van der Waals surface area (Å²) in [5.41, 5.74) is 7.57. The largest absolute Gasteiger partial charge is 0.353 e. The van der Waals surface area contributed by atoms with E-state index in [1.807, 2.05) is 6.20 Å². The number of nitrogens with one attached hydrogen (secondary N) is 1. The zero-order valence-electron chi connectivity index (χ0n) is 13.0. The first-order chi connectivity index (χ1) is 10.3. The number of aromatic amines is 1. The highest BCUT2D eigenvalue weighted by atomic mass is 14.8. The van der Waals surface area contributed by atoms with Crippen molar-refractivity contribution in [3.05, 3.63) is 53.2 Å². The van der Waals surface area contributed by atoms with Crippen LogP contribution in [0.1, 0.15) is 37.5 Å². The molecule has 0 saturated carbocycles. The fraction of sp³-hybridized carbons (Fsp3) is 0.316. The van der Waals surface area contributed by atoms with Gasteiger partial charge in [0, 0.05) is 17.1 Å². The molecule has 0 spiro atoms. The molecule has 2 aromatic heterocycles. The van der Waals surface area contributed by atoms with Gasteiger partial charge in [-0.25, -0.2) is 0 Å². The maximum Gasteiger partial charge on any atom is 0.0870 e. The molecule has 0 bridgehead atoms. The Morgan fingerprint density at radius 3 is 2.43 bits per heavy atom. The molecule has 3 aromatic rings. The van der Waals surface area contributed by atoms with Crippen molar-refractivity contribution >= 4 is 10.9 Å². The quantitative estimate of drug-likeness (QED) is 0.721. The lowest BCUT2D eigenvalue weighted by molar-refractivity contribution is 1.01. The topological polar surface area (TPSA) is 28.7 Å². The van der Waals surface area contributed by atoms with Crippen LogP contribution in [0.3, 0.4) is 0 Å². The highest BCUT2D eigenvalue weighted by molar-refractivity contribution is 5.90. The molecule has 3 rings (SSSR count). The van der Waals surface area contributed by atoms with Crippen LogP contribution in [0.2, 0.25) is 0 Å². The van der Waals surface area contributed by atoms with Crippen molar-refractivity contribution < 1.29 is 0 Å². The normalized spacial score (nSPS) is 11.2. The van der Waals surface area contributed by atoms with E-state index in [2.05, 4.69) is 56.1 Å². The lowest BCUT2D eigenvalue weighted by Gasteiger charge is -2.08. The molecule has 1 N–H and O–H groups in total. The van der Waals surface area contributed by atoms with Crippen LogP contribution in [-0.4, -0.2) is 9.97 Å². The van der Waals surface area contributed by atoms with Crippen molar-refractivity contribution in [1.29, 1.82) is 0 Å². The van der Waals surface area contributed by atoms with Crippen LogP contribution < -0.4 is 0 Å². The second kappa shape index (κ2) is 5.72. The first kappa shape index (κ1) is 13.9. The minimum absolute atomic E-state index is 1.01. The number of para-hydroxylation sites is 1. The van der Waals surface area contributed by atoms with Gasteiger partial charge in [0.15, 0.2) is 0 Å². The van der Waals surface area contributed by atoms with E-state index in [0.717, 1.165) is 25.0 Å². The van der Waals surface area contributed by atoms with E-state index in [4.69, 9.17) is 4.98 Å². The van der Waals surface area contributed by atoms with Crippen LogP contribution in [0, 0.1) is 0 Å². The number of H-pyrrole nitrogens is 1. The van der Waals surface area contributed by atoms with E-state index in [9.17, 15) is 0 Å². The molecule has 0 amide bonds. The Morgan fingerprint density at radius 1 is 0.952 bits per heavy atom. The van der Waals surface area contributed by atoms with Gasteiger partial charge in [-0.2, -0.15) is 0 Å². The molecule has 108 valence electrons. The fourth-order valence-electron chi connectivity index (χ4n) is 3.10. The highest BCUT2D eigenvalue weighted by Gasteiger charge is 2.13. The van der Waals surface area contributed by atoms with E-state index in [0.29, 0.717) is 0 Å². The molecule has 2 heterocycles. The van der Waals surface area contributed by atoms with Crippen LogP contribution in [0.5, 0.6) is 0 Å². The second-order valence-electron chi connectivity index (χ2n) is 5.42. The Morgan fingerprint density at radius 2 is 1.71 bits per heavy atom. The zero-order valence-corrected chi connectivity index (χ0v) is 13.0. The van der Waals surface area contributed by atoms with Crippen LogP contribution in [0.25, 0.3) is 22.3 Å². The second-order valence-corrected chi connectivity index (χ2v) is 5.42. The van der Waals surface area contributed by atoms with Crippen LogP contribution >= 0.6 is 0 Å². The molecule has 0 radical (unpaired) electrons. The molecular weight excluding hydrogens is 256 g/mol. The Kier molecular flexibility index (Phi) is 3.78. The average molecular weight is 278 g/mol. The number of fused-ring (bicyclic) bond motifs is 1. The summed E-state index contributed by atoms with van der Waals surface area (Å²) in [6.07, 6.45) is 5.15. The summed E-state index contributed by atoms with van der Waals surface area (Å²) < 4.78 is 0. The number of aryl methyl sites for hydroxylation is 3. The lowest BCUT2D eigenvalue weighted by atomic mass is 10.0. The predicted octanol–water partition coefficient (Wildman–Crippen LogP) is 4.92. The number of pyridine rings is 1. The number of hydrogen-bond donors (Lipinski definition) is 1. The van der Waals surface area contributed by atoms with E-state index in [-0.39, 0.29) is 0 Å². The van der Waals surface area contributed by atoms with E-state index < -0.39 is 0 Å². The molecule has 2 heteroatoms. The first-order valence-electron chi connectivity index (χ1n) is 7.86. The summed E-state index contributed by atoms with van der Waals surface area (Å²) >= 11 is 0. The molecule has 21 heavy (non-hydrogen) atoms. The molecular formula is C19H22N2. The molecule has 0 aliphatic heterocycles. The van der Waals surface area contributed by atoms with Gasteiger partial charge in [0.05, 0.1) is 11.4 Å². The molecule has 0 unspecified atom stereocenters. The van der Waals surface area contributed by atoms with Crippen molar-refractivity contribution in [3.8, 4) is 11.4 Å². The van der Waals surface area contributed by atoms with Gasteiger partial charge in [0.25, 0.3) is 0 Å². The number of hydrogen-bond acceptors (Lipinski definition) is 1. The van der Waals surface area contributed by atoms with Gasteiger partial charge in [-0.15, -0.1) is 0 Å². The smallest absolute Gasteiger partial charge is 0.0870 e. The van der Waals surface area contributed by atoms with Gasteiger partial charge >= 0.3 is 0 Å². The minimum Gasteiger partial charge on any atom is -0.353 e. The van der Waals surface area contributed by atoms with Gasteiger partial charge in [0.1, 0.15) is 0 Å². The number of rotatable bonds is 4. The molecule has 0 saturated heterocycles. The van der Waals surface area contributed by atoms with Gasteiger partial charge in [-0.05, 0) is 48.1 Å². The third-order valence-electron chi connectivity index (χ3n) is 4.27. The predicted molar refractivity (Wildman–Crippen MR) is 89.7 cm³/mol.